The Morgan fingerprint density at radius 2 is 1.81 bits per heavy atom. The van der Waals surface area contributed by atoms with Crippen LogP contribution in [-0.2, 0) is 13.1 Å². The molecule has 2 aliphatic heterocycles. The van der Waals surface area contributed by atoms with Crippen LogP contribution in [0.2, 0.25) is 5.02 Å². The number of rotatable bonds is 3. The molecular weight excluding hydrogens is 489 g/mol. The van der Waals surface area contributed by atoms with E-state index in [2.05, 4.69) is 33.1 Å². The van der Waals surface area contributed by atoms with Crippen molar-refractivity contribution in [2.24, 2.45) is 5.41 Å². The summed E-state index contributed by atoms with van der Waals surface area (Å²) in [4.78, 5) is 8.35. The van der Waals surface area contributed by atoms with E-state index in [0.717, 1.165) is 48.8 Å². The van der Waals surface area contributed by atoms with Crippen LogP contribution in [0.4, 0.5) is 19.0 Å². The molecule has 3 aromatic rings. The van der Waals surface area contributed by atoms with Crippen LogP contribution in [0.3, 0.4) is 0 Å². The highest BCUT2D eigenvalue weighted by Crippen LogP contribution is 2.58. The molecule has 1 spiro atoms. The van der Waals surface area contributed by atoms with Crippen molar-refractivity contribution in [1.29, 1.82) is 0 Å². The van der Waals surface area contributed by atoms with Gasteiger partial charge in [-0.2, -0.15) is 13.2 Å². The fourth-order valence-electron chi connectivity index (χ4n) is 6.54. The second-order valence-corrected chi connectivity index (χ2v) is 11.6. The fourth-order valence-corrected chi connectivity index (χ4v) is 6.73. The first-order valence-corrected chi connectivity index (χ1v) is 12.8. The Morgan fingerprint density at radius 1 is 1.03 bits per heavy atom. The van der Waals surface area contributed by atoms with Gasteiger partial charge in [0.05, 0.1) is 12.2 Å². The summed E-state index contributed by atoms with van der Waals surface area (Å²) in [5.74, 6) is 2.67. The lowest BCUT2D eigenvalue weighted by atomic mass is 9.57. The number of anilines is 1. The van der Waals surface area contributed by atoms with E-state index >= 15 is 0 Å². The van der Waals surface area contributed by atoms with Crippen LogP contribution >= 0.6 is 11.6 Å². The van der Waals surface area contributed by atoms with Gasteiger partial charge in [0.25, 0.3) is 0 Å². The molecule has 2 aliphatic carbocycles. The van der Waals surface area contributed by atoms with Gasteiger partial charge in [-0.15, -0.1) is 10.2 Å². The van der Waals surface area contributed by atoms with Crippen molar-refractivity contribution in [2.45, 2.75) is 63.3 Å². The van der Waals surface area contributed by atoms with Gasteiger partial charge in [0.1, 0.15) is 17.2 Å². The number of pyridine rings is 1. The molecule has 10 heteroatoms. The van der Waals surface area contributed by atoms with Crippen molar-refractivity contribution >= 4 is 17.4 Å². The third-order valence-electron chi connectivity index (χ3n) is 8.59. The molecule has 1 saturated heterocycles. The summed E-state index contributed by atoms with van der Waals surface area (Å²) in [6.45, 7) is 4.31. The second-order valence-electron chi connectivity index (χ2n) is 11.1. The first-order chi connectivity index (χ1) is 17.2. The molecule has 2 aromatic heterocycles. The molecule has 188 valence electrons. The molecule has 3 fully saturated rings. The van der Waals surface area contributed by atoms with Gasteiger partial charge in [0, 0.05) is 42.2 Å². The van der Waals surface area contributed by atoms with Crippen LogP contribution in [0, 0.1) is 12.3 Å². The molecule has 0 N–H and O–H groups in total. The summed E-state index contributed by atoms with van der Waals surface area (Å²) in [5, 5.41) is 9.49. The largest absolute Gasteiger partial charge is 0.406 e. The number of benzene rings is 1. The Balaban J connectivity index is 1.17. The van der Waals surface area contributed by atoms with Crippen molar-refractivity contribution < 1.29 is 13.2 Å². The molecule has 0 unspecified atom stereocenters. The summed E-state index contributed by atoms with van der Waals surface area (Å²) in [6, 6.07) is 9.59. The molecule has 7 rings (SSSR count). The zero-order valence-electron chi connectivity index (χ0n) is 19.9. The Morgan fingerprint density at radius 3 is 2.50 bits per heavy atom. The van der Waals surface area contributed by atoms with Crippen LogP contribution in [0.15, 0.2) is 36.5 Å². The first-order valence-electron chi connectivity index (χ1n) is 12.4. The van der Waals surface area contributed by atoms with Gasteiger partial charge in [0.2, 0.25) is 0 Å². The minimum absolute atomic E-state index is 0.115. The number of fused-ring (bicyclic) bond motifs is 3. The topological polar surface area (TPSA) is 50.1 Å². The molecule has 0 bridgehead atoms. The van der Waals surface area contributed by atoms with Gasteiger partial charge < -0.3 is 4.90 Å². The van der Waals surface area contributed by atoms with Gasteiger partial charge >= 0.3 is 6.18 Å². The molecule has 0 atom stereocenters. The summed E-state index contributed by atoms with van der Waals surface area (Å²) >= 11 is 6.29. The maximum atomic E-state index is 14.0. The molecule has 1 aromatic carbocycles. The van der Waals surface area contributed by atoms with Crippen LogP contribution in [0.5, 0.6) is 0 Å². The number of alkyl halides is 3. The van der Waals surface area contributed by atoms with Gasteiger partial charge in [-0.3, -0.25) is 9.47 Å². The highest BCUT2D eigenvalue weighted by atomic mass is 35.5. The van der Waals surface area contributed by atoms with Crippen molar-refractivity contribution in [1.82, 2.24) is 24.6 Å². The number of halogens is 4. The smallest absolute Gasteiger partial charge is 0.355 e. The molecule has 6 nitrogen and oxygen atoms in total. The maximum Gasteiger partial charge on any atom is 0.406 e. The lowest BCUT2D eigenvalue weighted by Gasteiger charge is -2.59. The van der Waals surface area contributed by atoms with E-state index < -0.39 is 11.7 Å². The molecule has 0 radical (unpaired) electrons. The lowest BCUT2D eigenvalue weighted by molar-refractivity contribution is -0.200. The van der Waals surface area contributed by atoms with Gasteiger partial charge in [-0.05, 0) is 74.1 Å². The van der Waals surface area contributed by atoms with Crippen molar-refractivity contribution in [3.05, 3.63) is 64.3 Å². The fraction of sp³-hybridized carbons (Fsp3) is 0.500. The predicted octanol–water partition coefficient (Wildman–Crippen LogP) is 5.42. The minimum Gasteiger partial charge on any atom is -0.355 e. The SMILES string of the molecule is Cc1ccnc(N2CC3(CC(c4nnc5n4-c4ccc(Cl)cc4CN(C4(C(F)(F)F)CC4)C5)C3)C2)c1. The molecule has 0 amide bonds. The van der Waals surface area contributed by atoms with Crippen LogP contribution in [0.25, 0.3) is 5.69 Å². The van der Waals surface area contributed by atoms with E-state index in [0.29, 0.717) is 10.8 Å². The third kappa shape index (κ3) is 3.31. The van der Waals surface area contributed by atoms with Gasteiger partial charge in [0.15, 0.2) is 5.82 Å². The van der Waals surface area contributed by atoms with E-state index in [1.54, 1.807) is 12.1 Å². The summed E-state index contributed by atoms with van der Waals surface area (Å²) in [6.07, 6.45) is -0.219. The molecule has 2 saturated carbocycles. The predicted molar refractivity (Wildman–Crippen MR) is 129 cm³/mol. The highest BCUT2D eigenvalue weighted by molar-refractivity contribution is 6.30. The Bertz CT molecular complexity index is 1350. The van der Waals surface area contributed by atoms with Crippen molar-refractivity contribution in [3.8, 4) is 5.69 Å². The quantitative estimate of drug-likeness (QED) is 0.467. The van der Waals surface area contributed by atoms with Crippen LogP contribution in [-0.4, -0.2) is 49.5 Å². The Hall–Kier alpha value is -2.65. The average molecular weight is 515 g/mol. The van der Waals surface area contributed by atoms with E-state index in [1.165, 1.54) is 10.5 Å². The maximum absolute atomic E-state index is 14.0. The van der Waals surface area contributed by atoms with Crippen molar-refractivity contribution in [2.75, 3.05) is 18.0 Å². The zero-order chi connectivity index (χ0) is 24.9. The zero-order valence-corrected chi connectivity index (χ0v) is 20.6. The van der Waals surface area contributed by atoms with Crippen molar-refractivity contribution in [3.63, 3.8) is 0 Å². The first kappa shape index (κ1) is 22.5. The van der Waals surface area contributed by atoms with E-state index in [1.807, 2.05) is 22.9 Å². The van der Waals surface area contributed by atoms with Gasteiger partial charge in [-0.25, -0.2) is 4.98 Å². The molecule has 4 heterocycles. The lowest BCUT2D eigenvalue weighted by Crippen LogP contribution is -2.62. The van der Waals surface area contributed by atoms with Gasteiger partial charge in [-0.1, -0.05) is 11.6 Å². The number of hydrogen-bond donors (Lipinski definition) is 0. The summed E-state index contributed by atoms with van der Waals surface area (Å²) < 4.78 is 44.1. The Kier molecular flexibility index (Phi) is 4.66. The van der Waals surface area contributed by atoms with E-state index in [-0.39, 0.29) is 37.3 Å². The summed E-state index contributed by atoms with van der Waals surface area (Å²) in [7, 11) is 0. The normalized spacial score (nSPS) is 22.4. The molecular formula is C26H26ClF3N6. The minimum atomic E-state index is -4.29. The number of aromatic nitrogens is 4. The van der Waals surface area contributed by atoms with Crippen LogP contribution < -0.4 is 4.90 Å². The highest BCUT2D eigenvalue weighted by Gasteiger charge is 2.67. The summed E-state index contributed by atoms with van der Waals surface area (Å²) in [5.41, 5.74) is 1.29. The van der Waals surface area contributed by atoms with E-state index in [9.17, 15) is 13.2 Å². The van der Waals surface area contributed by atoms with Crippen LogP contribution in [0.1, 0.15) is 54.4 Å². The third-order valence-corrected chi connectivity index (χ3v) is 8.82. The Labute approximate surface area is 212 Å². The number of aryl methyl sites for hydroxylation is 1. The second kappa shape index (κ2) is 7.44. The molecule has 4 aliphatic rings. The number of nitrogens with zero attached hydrogens (tertiary/aromatic N) is 6. The standard InChI is InChI=1S/C26H26ClF3N6/c1-16-4-7-31-21(8-16)34-14-24(15-34)10-18(11-24)23-33-32-22-13-35(25(5-6-25)26(28,29)30)12-17-9-19(27)2-3-20(17)36(22)23/h2-4,7-9,18H,5-6,10-15H2,1H3. The average Bonchev–Trinajstić information content (AvgIpc) is 3.51. The van der Waals surface area contributed by atoms with E-state index in [4.69, 9.17) is 11.6 Å². The monoisotopic (exact) mass is 514 g/mol. The molecule has 36 heavy (non-hydrogen) atoms. The number of hydrogen-bond acceptors (Lipinski definition) is 5.